The lowest BCUT2D eigenvalue weighted by molar-refractivity contribution is -0.137. The number of halogens is 5. The van der Waals surface area contributed by atoms with Crippen molar-refractivity contribution in [3.8, 4) is 0 Å². The van der Waals surface area contributed by atoms with E-state index >= 15 is 0 Å². The molecule has 1 aliphatic rings. The third-order valence-electron chi connectivity index (χ3n) is 5.08. The van der Waals surface area contributed by atoms with Gasteiger partial charge in [0.15, 0.2) is 11.9 Å². The van der Waals surface area contributed by atoms with Gasteiger partial charge >= 0.3 is 6.18 Å². The largest absolute Gasteiger partial charge is 0.459 e. The summed E-state index contributed by atoms with van der Waals surface area (Å²) in [5.41, 5.74) is 1.18. The Morgan fingerprint density at radius 2 is 1.85 bits per heavy atom. The molecule has 172 valence electrons. The third-order valence-corrected chi connectivity index (χ3v) is 5.82. The Morgan fingerprint density at radius 3 is 2.48 bits per heavy atom. The molecule has 1 amide bonds. The van der Waals surface area contributed by atoms with Gasteiger partial charge in [0.25, 0.3) is 5.91 Å². The van der Waals surface area contributed by atoms with Crippen LogP contribution in [0.15, 0.2) is 70.4 Å². The van der Waals surface area contributed by atoms with Crippen LogP contribution in [0.5, 0.6) is 0 Å². The Morgan fingerprint density at radius 1 is 1.09 bits per heavy atom. The highest BCUT2D eigenvalue weighted by Gasteiger charge is 2.31. The second-order valence-electron chi connectivity index (χ2n) is 7.46. The lowest BCUT2D eigenvalue weighted by atomic mass is 10.0. The first-order valence-corrected chi connectivity index (χ1v) is 10.6. The zero-order valence-electron chi connectivity index (χ0n) is 17.0. The van der Waals surface area contributed by atoms with Crippen LogP contribution in [-0.4, -0.2) is 29.2 Å². The minimum absolute atomic E-state index is 0.0691. The molecular formula is C23H17Cl2F3N2O3. The van der Waals surface area contributed by atoms with Crippen molar-refractivity contribution in [1.29, 1.82) is 0 Å². The van der Waals surface area contributed by atoms with Crippen LogP contribution in [0.2, 0.25) is 10.0 Å². The Kier molecular flexibility index (Phi) is 6.67. The number of alkyl halides is 3. The fourth-order valence-corrected chi connectivity index (χ4v) is 3.71. The van der Waals surface area contributed by atoms with Gasteiger partial charge in [0, 0.05) is 18.5 Å². The van der Waals surface area contributed by atoms with Gasteiger partial charge in [-0.25, -0.2) is 0 Å². The average molecular weight is 497 g/mol. The van der Waals surface area contributed by atoms with Gasteiger partial charge in [-0.05, 0) is 42.0 Å². The first-order valence-electron chi connectivity index (χ1n) is 9.88. The standard InChI is InChI=1S/C23H17Cl2F3N2O3/c24-18-8-5-15(10-19(18)25)20-11-17(33-29-20)13-30(22(31)21-2-1-9-32-21)12-14-3-6-16(7-4-14)23(26,27)28/h1-10,17H,11-13H2. The molecule has 2 heterocycles. The van der Waals surface area contributed by atoms with Crippen LogP contribution in [0.3, 0.4) is 0 Å². The van der Waals surface area contributed by atoms with E-state index < -0.39 is 23.8 Å². The highest BCUT2D eigenvalue weighted by atomic mass is 35.5. The van der Waals surface area contributed by atoms with Crippen molar-refractivity contribution in [2.45, 2.75) is 25.2 Å². The molecule has 0 fully saturated rings. The van der Waals surface area contributed by atoms with Crippen LogP contribution in [-0.2, 0) is 17.6 Å². The van der Waals surface area contributed by atoms with Crippen LogP contribution in [0.25, 0.3) is 0 Å². The number of hydrogen-bond acceptors (Lipinski definition) is 4. The fraction of sp³-hybridized carbons (Fsp3) is 0.217. The number of nitrogens with zero attached hydrogens (tertiary/aromatic N) is 2. The number of hydrogen-bond donors (Lipinski definition) is 0. The summed E-state index contributed by atoms with van der Waals surface area (Å²) in [5.74, 6) is -0.294. The average Bonchev–Trinajstić information content (AvgIpc) is 3.47. The number of benzene rings is 2. The maximum absolute atomic E-state index is 13.0. The predicted octanol–water partition coefficient (Wildman–Crippen LogP) is 6.44. The molecule has 2 aromatic carbocycles. The summed E-state index contributed by atoms with van der Waals surface area (Å²) in [6, 6.07) is 12.9. The first-order chi connectivity index (χ1) is 15.7. The number of carbonyl (C=O) groups is 1. The lowest BCUT2D eigenvalue weighted by Gasteiger charge is -2.24. The quantitative estimate of drug-likeness (QED) is 0.394. The molecule has 1 atom stereocenters. The molecule has 33 heavy (non-hydrogen) atoms. The second kappa shape index (κ2) is 9.49. The van der Waals surface area contributed by atoms with E-state index in [-0.39, 0.29) is 18.8 Å². The van der Waals surface area contributed by atoms with E-state index in [2.05, 4.69) is 5.16 Å². The highest BCUT2D eigenvalue weighted by Crippen LogP contribution is 2.30. The van der Waals surface area contributed by atoms with Crippen molar-refractivity contribution < 1.29 is 27.2 Å². The molecule has 1 aromatic heterocycles. The van der Waals surface area contributed by atoms with Crippen molar-refractivity contribution >= 4 is 34.8 Å². The minimum Gasteiger partial charge on any atom is -0.459 e. The SMILES string of the molecule is O=C(c1ccco1)N(Cc1ccc(C(F)(F)F)cc1)CC1CC(c2ccc(Cl)c(Cl)c2)=NO1. The fourth-order valence-electron chi connectivity index (χ4n) is 3.41. The van der Waals surface area contributed by atoms with Crippen molar-refractivity contribution in [2.24, 2.45) is 5.16 Å². The van der Waals surface area contributed by atoms with Gasteiger partial charge in [0.1, 0.15) is 0 Å². The van der Waals surface area contributed by atoms with Crippen molar-refractivity contribution in [3.63, 3.8) is 0 Å². The molecule has 10 heteroatoms. The smallest absolute Gasteiger partial charge is 0.416 e. The minimum atomic E-state index is -4.43. The van der Waals surface area contributed by atoms with Crippen LogP contribution in [0.4, 0.5) is 13.2 Å². The normalized spacial score (nSPS) is 15.8. The van der Waals surface area contributed by atoms with Gasteiger partial charge < -0.3 is 14.2 Å². The highest BCUT2D eigenvalue weighted by molar-refractivity contribution is 6.42. The van der Waals surface area contributed by atoms with Gasteiger partial charge in [-0.1, -0.05) is 46.6 Å². The molecule has 0 bridgehead atoms. The number of oxime groups is 1. The Balaban J connectivity index is 1.49. The third kappa shape index (κ3) is 5.51. The van der Waals surface area contributed by atoms with Crippen molar-refractivity contribution in [3.05, 3.63) is 93.4 Å². The molecule has 5 nitrogen and oxygen atoms in total. The summed E-state index contributed by atoms with van der Waals surface area (Å²) in [6.45, 7) is 0.217. The summed E-state index contributed by atoms with van der Waals surface area (Å²) < 4.78 is 43.8. The molecule has 0 saturated heterocycles. The number of carbonyl (C=O) groups excluding carboxylic acids is 1. The first kappa shape index (κ1) is 23.2. The summed E-state index contributed by atoms with van der Waals surface area (Å²) in [5, 5.41) is 4.91. The van der Waals surface area contributed by atoms with E-state index in [1.165, 1.54) is 29.4 Å². The molecule has 0 aliphatic carbocycles. The zero-order chi connectivity index (χ0) is 23.6. The van der Waals surface area contributed by atoms with Crippen LogP contribution in [0.1, 0.15) is 33.7 Å². The van der Waals surface area contributed by atoms with Crippen LogP contribution >= 0.6 is 23.2 Å². The molecule has 1 aliphatic heterocycles. The summed E-state index contributed by atoms with van der Waals surface area (Å²) in [6.07, 6.45) is -3.10. The van der Waals surface area contributed by atoms with E-state index in [0.717, 1.165) is 17.7 Å². The molecular weight excluding hydrogens is 480 g/mol. The van der Waals surface area contributed by atoms with Gasteiger partial charge in [0.2, 0.25) is 0 Å². The molecule has 0 spiro atoms. The number of rotatable bonds is 6. The van der Waals surface area contributed by atoms with Gasteiger partial charge in [-0.15, -0.1) is 0 Å². The summed E-state index contributed by atoms with van der Waals surface area (Å²) in [4.78, 5) is 20.0. The molecule has 0 radical (unpaired) electrons. The van der Waals surface area contributed by atoms with E-state index in [4.69, 9.17) is 32.5 Å². The monoisotopic (exact) mass is 496 g/mol. The topological polar surface area (TPSA) is 55.0 Å². The summed E-state index contributed by atoms with van der Waals surface area (Å²) in [7, 11) is 0. The predicted molar refractivity (Wildman–Crippen MR) is 117 cm³/mol. The van der Waals surface area contributed by atoms with Crippen molar-refractivity contribution in [1.82, 2.24) is 4.90 Å². The van der Waals surface area contributed by atoms with E-state index in [1.807, 2.05) is 0 Å². The van der Waals surface area contributed by atoms with Crippen LogP contribution < -0.4 is 0 Å². The zero-order valence-corrected chi connectivity index (χ0v) is 18.5. The Bertz CT molecular complexity index is 1160. The van der Waals surface area contributed by atoms with E-state index in [1.54, 1.807) is 24.3 Å². The van der Waals surface area contributed by atoms with Gasteiger partial charge in [-0.2, -0.15) is 13.2 Å². The molecule has 1 unspecified atom stereocenters. The maximum atomic E-state index is 13.0. The number of furan rings is 1. The van der Waals surface area contributed by atoms with Gasteiger partial charge in [0.05, 0.1) is 34.1 Å². The molecule has 0 N–H and O–H groups in total. The van der Waals surface area contributed by atoms with Crippen molar-refractivity contribution in [2.75, 3.05) is 6.54 Å². The molecule has 3 aromatic rings. The Hall–Kier alpha value is -2.97. The number of amides is 1. The second-order valence-corrected chi connectivity index (χ2v) is 8.27. The Labute approximate surface area is 197 Å². The van der Waals surface area contributed by atoms with Crippen LogP contribution in [0, 0.1) is 0 Å². The summed E-state index contributed by atoms with van der Waals surface area (Å²) >= 11 is 12.0. The van der Waals surface area contributed by atoms with Gasteiger partial charge in [-0.3, -0.25) is 4.79 Å². The van der Waals surface area contributed by atoms with E-state index in [0.29, 0.717) is 27.7 Å². The lowest BCUT2D eigenvalue weighted by Crippen LogP contribution is -2.37. The molecule has 4 rings (SSSR count). The van der Waals surface area contributed by atoms with E-state index in [9.17, 15) is 18.0 Å². The molecule has 0 saturated carbocycles. The maximum Gasteiger partial charge on any atom is 0.416 e.